The molecule has 78 valence electrons. The Balaban J connectivity index is 3.17. The van der Waals surface area contributed by atoms with Gasteiger partial charge in [0.2, 0.25) is 5.91 Å². The molecule has 0 radical (unpaired) electrons. The van der Waals surface area contributed by atoms with E-state index in [-0.39, 0.29) is 18.9 Å². The molecule has 5 heteroatoms. The fourth-order valence-electron chi connectivity index (χ4n) is 0.690. The lowest BCUT2D eigenvalue weighted by atomic mass is 10.4. The van der Waals surface area contributed by atoms with Crippen LogP contribution < -0.4 is 5.32 Å². The van der Waals surface area contributed by atoms with Crippen LogP contribution in [0.1, 0.15) is 19.8 Å². The van der Waals surface area contributed by atoms with Crippen molar-refractivity contribution in [1.82, 2.24) is 5.32 Å². The molecule has 0 fully saturated rings. The summed E-state index contributed by atoms with van der Waals surface area (Å²) in [7, 11) is 0. The third kappa shape index (κ3) is 9.20. The quantitative estimate of drug-likeness (QED) is 0.619. The van der Waals surface area contributed by atoms with Crippen LogP contribution in [0.4, 0.5) is 8.78 Å². The maximum Gasteiger partial charge on any atom is 0.261 e. The number of amides is 1. The summed E-state index contributed by atoms with van der Waals surface area (Å²) in [5.74, 6) is -0.156. The summed E-state index contributed by atoms with van der Waals surface area (Å²) in [4.78, 5) is 10.9. The fourth-order valence-corrected chi connectivity index (χ4v) is 0.690. The average Bonchev–Trinajstić information content (AvgIpc) is 2.08. The molecule has 3 nitrogen and oxygen atoms in total. The topological polar surface area (TPSA) is 38.3 Å². The number of carbonyl (C=O) groups excluding carboxylic acids is 1. The molecule has 0 heterocycles. The summed E-state index contributed by atoms with van der Waals surface area (Å²) in [5.41, 5.74) is 0. The smallest absolute Gasteiger partial charge is 0.261 e. The van der Waals surface area contributed by atoms with Gasteiger partial charge < -0.3 is 10.1 Å². The maximum atomic E-state index is 11.5. The maximum absolute atomic E-state index is 11.5. The van der Waals surface area contributed by atoms with Crippen LogP contribution in [0.15, 0.2) is 0 Å². The molecule has 0 aliphatic carbocycles. The first-order valence-corrected chi connectivity index (χ1v) is 4.29. The normalized spacial score (nSPS) is 10.5. The fraction of sp³-hybridized carbons (Fsp3) is 0.875. The van der Waals surface area contributed by atoms with E-state index in [0.29, 0.717) is 6.54 Å². The molecular weight excluding hydrogens is 180 g/mol. The lowest BCUT2D eigenvalue weighted by Crippen LogP contribution is -2.25. The number of hydrogen-bond acceptors (Lipinski definition) is 2. The Hall–Kier alpha value is -0.710. The van der Waals surface area contributed by atoms with Gasteiger partial charge in [0.1, 0.15) is 6.61 Å². The highest BCUT2D eigenvalue weighted by molar-refractivity contribution is 5.75. The lowest BCUT2D eigenvalue weighted by Gasteiger charge is -2.04. The number of ether oxygens (including phenoxy) is 1. The van der Waals surface area contributed by atoms with Crippen LogP contribution in [0.3, 0.4) is 0 Å². The Morgan fingerprint density at radius 3 is 2.77 bits per heavy atom. The highest BCUT2D eigenvalue weighted by Crippen LogP contribution is 1.93. The summed E-state index contributed by atoms with van der Waals surface area (Å²) in [6, 6.07) is 0. The van der Waals surface area contributed by atoms with E-state index < -0.39 is 13.0 Å². The third-order valence-corrected chi connectivity index (χ3v) is 1.29. The molecule has 0 aromatic carbocycles. The van der Waals surface area contributed by atoms with E-state index in [1.165, 1.54) is 0 Å². The molecule has 0 aliphatic rings. The molecule has 1 N–H and O–H groups in total. The van der Waals surface area contributed by atoms with Gasteiger partial charge >= 0.3 is 0 Å². The first-order valence-electron chi connectivity index (χ1n) is 4.29. The van der Waals surface area contributed by atoms with Gasteiger partial charge in [-0.1, -0.05) is 6.92 Å². The van der Waals surface area contributed by atoms with E-state index in [9.17, 15) is 13.6 Å². The summed E-state index contributed by atoms with van der Waals surface area (Å²) < 4.78 is 27.6. The van der Waals surface area contributed by atoms with E-state index in [1.54, 1.807) is 0 Å². The number of halogens is 2. The number of hydrogen-bond donors (Lipinski definition) is 1. The van der Waals surface area contributed by atoms with Crippen molar-refractivity contribution in [1.29, 1.82) is 0 Å². The lowest BCUT2D eigenvalue weighted by molar-refractivity contribution is -0.122. The minimum Gasteiger partial charge on any atom is -0.375 e. The minimum atomic E-state index is -2.46. The zero-order valence-corrected chi connectivity index (χ0v) is 7.69. The molecule has 0 aromatic heterocycles. The van der Waals surface area contributed by atoms with Crippen molar-refractivity contribution >= 4 is 5.91 Å². The van der Waals surface area contributed by atoms with Crippen LogP contribution in [0.2, 0.25) is 0 Å². The predicted octanol–water partition coefficient (Wildman–Crippen LogP) is 1.18. The number of nitrogens with one attached hydrogen (secondary N) is 1. The van der Waals surface area contributed by atoms with Gasteiger partial charge in [-0.15, -0.1) is 0 Å². The predicted molar refractivity (Wildman–Crippen MR) is 44.7 cm³/mol. The standard InChI is InChI=1S/C8H15F2NO2/c1-2-4-11-8(12)3-5-13-6-7(9)10/h7H,2-6H2,1H3,(H,11,12). The second kappa shape index (κ2) is 7.91. The summed E-state index contributed by atoms with van der Waals surface area (Å²) in [5, 5.41) is 2.61. The first kappa shape index (κ1) is 12.3. The highest BCUT2D eigenvalue weighted by Gasteiger charge is 2.03. The molecule has 0 bridgehead atoms. The van der Waals surface area contributed by atoms with E-state index in [1.807, 2.05) is 6.92 Å². The van der Waals surface area contributed by atoms with Crippen LogP contribution >= 0.6 is 0 Å². The molecule has 0 aromatic rings. The van der Waals surface area contributed by atoms with E-state index >= 15 is 0 Å². The highest BCUT2D eigenvalue weighted by atomic mass is 19.3. The second-order valence-corrected chi connectivity index (χ2v) is 2.57. The Kier molecular flexibility index (Phi) is 7.48. The van der Waals surface area contributed by atoms with Crippen LogP contribution in [-0.4, -0.2) is 32.1 Å². The Bertz CT molecular complexity index is 142. The van der Waals surface area contributed by atoms with Crippen molar-refractivity contribution in [2.24, 2.45) is 0 Å². The molecule has 0 aliphatic heterocycles. The van der Waals surface area contributed by atoms with Crippen molar-refractivity contribution in [3.8, 4) is 0 Å². The van der Waals surface area contributed by atoms with Crippen LogP contribution in [-0.2, 0) is 9.53 Å². The van der Waals surface area contributed by atoms with Gasteiger partial charge in [0, 0.05) is 13.0 Å². The molecule has 13 heavy (non-hydrogen) atoms. The monoisotopic (exact) mass is 195 g/mol. The Morgan fingerprint density at radius 1 is 1.54 bits per heavy atom. The SMILES string of the molecule is CCCNC(=O)CCOCC(F)F. The van der Waals surface area contributed by atoms with Gasteiger partial charge in [0.25, 0.3) is 6.43 Å². The molecular formula is C8H15F2NO2. The molecule has 0 atom stereocenters. The number of carbonyl (C=O) groups is 1. The van der Waals surface area contributed by atoms with Gasteiger partial charge in [0.15, 0.2) is 0 Å². The zero-order valence-electron chi connectivity index (χ0n) is 7.69. The van der Waals surface area contributed by atoms with Crippen LogP contribution in [0.5, 0.6) is 0 Å². The van der Waals surface area contributed by atoms with Crippen LogP contribution in [0.25, 0.3) is 0 Å². The first-order chi connectivity index (χ1) is 6.16. The van der Waals surface area contributed by atoms with Crippen molar-refractivity contribution in [3.63, 3.8) is 0 Å². The second-order valence-electron chi connectivity index (χ2n) is 2.57. The molecule has 0 unspecified atom stereocenters. The minimum absolute atomic E-state index is 0.0554. The molecule has 0 saturated heterocycles. The zero-order chi connectivity index (χ0) is 10.1. The van der Waals surface area contributed by atoms with E-state index in [4.69, 9.17) is 0 Å². The Labute approximate surface area is 76.4 Å². The van der Waals surface area contributed by atoms with Gasteiger partial charge in [-0.2, -0.15) is 0 Å². The van der Waals surface area contributed by atoms with Crippen molar-refractivity contribution < 1.29 is 18.3 Å². The van der Waals surface area contributed by atoms with Crippen molar-refractivity contribution in [2.75, 3.05) is 19.8 Å². The Morgan fingerprint density at radius 2 is 2.23 bits per heavy atom. The third-order valence-electron chi connectivity index (χ3n) is 1.29. The average molecular weight is 195 g/mol. The molecule has 0 spiro atoms. The summed E-state index contributed by atoms with van der Waals surface area (Å²) in [6.07, 6.45) is -1.45. The van der Waals surface area contributed by atoms with Crippen LogP contribution in [0, 0.1) is 0 Å². The summed E-state index contributed by atoms with van der Waals surface area (Å²) >= 11 is 0. The number of alkyl halides is 2. The van der Waals surface area contributed by atoms with Crippen molar-refractivity contribution in [3.05, 3.63) is 0 Å². The van der Waals surface area contributed by atoms with E-state index in [2.05, 4.69) is 10.1 Å². The number of rotatable bonds is 7. The van der Waals surface area contributed by atoms with Gasteiger partial charge in [-0.05, 0) is 6.42 Å². The van der Waals surface area contributed by atoms with Gasteiger partial charge in [-0.25, -0.2) is 8.78 Å². The van der Waals surface area contributed by atoms with E-state index in [0.717, 1.165) is 6.42 Å². The van der Waals surface area contributed by atoms with Crippen molar-refractivity contribution in [2.45, 2.75) is 26.2 Å². The molecule has 0 rings (SSSR count). The molecule has 0 saturated carbocycles. The largest absolute Gasteiger partial charge is 0.375 e. The van der Waals surface area contributed by atoms with Gasteiger partial charge in [0.05, 0.1) is 6.61 Å². The molecule has 1 amide bonds. The van der Waals surface area contributed by atoms with Gasteiger partial charge in [-0.3, -0.25) is 4.79 Å². The summed E-state index contributed by atoms with van der Waals surface area (Å²) in [6.45, 7) is 2.02.